The van der Waals surface area contributed by atoms with Crippen LogP contribution in [0.3, 0.4) is 0 Å². The van der Waals surface area contributed by atoms with Crippen molar-refractivity contribution in [3.8, 4) is 11.1 Å². The highest BCUT2D eigenvalue weighted by Crippen LogP contribution is 2.44. The molecule has 0 saturated carbocycles. The zero-order chi connectivity index (χ0) is 21.1. The quantitative estimate of drug-likeness (QED) is 0.766. The van der Waals surface area contributed by atoms with Gasteiger partial charge in [0.15, 0.2) is 0 Å². The molecule has 2 amide bonds. The van der Waals surface area contributed by atoms with Crippen molar-refractivity contribution in [2.45, 2.75) is 31.2 Å². The van der Waals surface area contributed by atoms with Gasteiger partial charge in [0.2, 0.25) is 5.91 Å². The second-order valence-electron chi connectivity index (χ2n) is 7.66. The fraction of sp³-hybridized carbons (Fsp3) is 0.348. The Balaban J connectivity index is 1.32. The van der Waals surface area contributed by atoms with Gasteiger partial charge >= 0.3 is 12.1 Å². The number of nitrogens with zero attached hydrogens (tertiary/aromatic N) is 1. The molecule has 1 aliphatic carbocycles. The summed E-state index contributed by atoms with van der Waals surface area (Å²) in [6.07, 6.45) is 0.716. The van der Waals surface area contributed by atoms with Crippen LogP contribution in [0.1, 0.15) is 36.3 Å². The Hall–Kier alpha value is -3.35. The predicted octanol–water partition coefficient (Wildman–Crippen LogP) is 2.99. The lowest BCUT2D eigenvalue weighted by Crippen LogP contribution is -2.43. The first-order valence-corrected chi connectivity index (χ1v) is 10.1. The highest BCUT2D eigenvalue weighted by atomic mass is 16.5. The van der Waals surface area contributed by atoms with Gasteiger partial charge in [0.05, 0.1) is 6.42 Å². The zero-order valence-electron chi connectivity index (χ0n) is 16.5. The molecule has 0 aromatic heterocycles. The van der Waals surface area contributed by atoms with E-state index < -0.39 is 12.1 Å². The van der Waals surface area contributed by atoms with Gasteiger partial charge in [0.1, 0.15) is 13.2 Å². The van der Waals surface area contributed by atoms with E-state index >= 15 is 0 Å². The molecule has 1 heterocycles. The van der Waals surface area contributed by atoms with E-state index in [1.54, 1.807) is 0 Å². The summed E-state index contributed by atoms with van der Waals surface area (Å²) < 4.78 is 5.43. The van der Waals surface area contributed by atoms with Crippen molar-refractivity contribution in [3.05, 3.63) is 59.7 Å². The van der Waals surface area contributed by atoms with Crippen LogP contribution in [0.2, 0.25) is 0 Å². The van der Waals surface area contributed by atoms with Gasteiger partial charge in [0.25, 0.3) is 0 Å². The molecule has 0 radical (unpaired) electrons. The van der Waals surface area contributed by atoms with E-state index in [0.717, 1.165) is 28.7 Å². The highest BCUT2D eigenvalue weighted by molar-refractivity contribution is 5.83. The number of carbonyl (C=O) groups excluding carboxylic acids is 2. The first-order chi connectivity index (χ1) is 14.5. The molecule has 2 aromatic carbocycles. The van der Waals surface area contributed by atoms with Gasteiger partial charge in [-0.25, -0.2) is 4.79 Å². The van der Waals surface area contributed by atoms with Crippen molar-refractivity contribution in [1.82, 2.24) is 10.2 Å². The van der Waals surface area contributed by atoms with E-state index in [-0.39, 0.29) is 37.4 Å². The Kier molecular flexibility index (Phi) is 5.70. The minimum atomic E-state index is -0.927. The van der Waals surface area contributed by atoms with Crippen LogP contribution >= 0.6 is 0 Å². The number of likely N-dealkylation sites (tertiary alicyclic amines) is 1. The molecule has 7 heteroatoms. The average Bonchev–Trinajstić information content (AvgIpc) is 3.32. The number of carboxylic acid groups (broad SMARTS) is 1. The SMILES string of the molecule is O=C(O)C[C@@H]1CCCN1C(=O)CNC(=O)OCC1c2ccccc2-c2ccccc21. The molecule has 0 spiro atoms. The lowest BCUT2D eigenvalue weighted by atomic mass is 9.98. The van der Waals surface area contributed by atoms with Gasteiger partial charge in [-0.1, -0.05) is 48.5 Å². The lowest BCUT2D eigenvalue weighted by molar-refractivity contribution is -0.139. The van der Waals surface area contributed by atoms with Crippen molar-refractivity contribution in [2.75, 3.05) is 19.7 Å². The van der Waals surface area contributed by atoms with Crippen LogP contribution in [0, 0.1) is 0 Å². The molecule has 4 rings (SSSR count). The molecule has 0 unspecified atom stereocenters. The smallest absolute Gasteiger partial charge is 0.407 e. The maximum Gasteiger partial charge on any atom is 0.407 e. The van der Waals surface area contributed by atoms with Crippen molar-refractivity contribution in [2.24, 2.45) is 0 Å². The van der Waals surface area contributed by atoms with E-state index in [9.17, 15) is 14.4 Å². The molecule has 0 bridgehead atoms. The Morgan fingerprint density at radius 3 is 2.30 bits per heavy atom. The van der Waals surface area contributed by atoms with E-state index in [0.29, 0.717) is 13.0 Å². The van der Waals surface area contributed by atoms with Gasteiger partial charge < -0.3 is 20.1 Å². The van der Waals surface area contributed by atoms with E-state index in [1.165, 1.54) is 4.90 Å². The number of carboxylic acids is 1. The van der Waals surface area contributed by atoms with Gasteiger partial charge in [-0.3, -0.25) is 9.59 Å². The maximum atomic E-state index is 12.4. The van der Waals surface area contributed by atoms with Crippen molar-refractivity contribution in [1.29, 1.82) is 0 Å². The monoisotopic (exact) mass is 408 g/mol. The molecular formula is C23H24N2O5. The number of carbonyl (C=O) groups is 3. The largest absolute Gasteiger partial charge is 0.481 e. The van der Waals surface area contributed by atoms with Gasteiger partial charge in [0, 0.05) is 18.5 Å². The second kappa shape index (κ2) is 8.57. The van der Waals surface area contributed by atoms with Gasteiger partial charge in [-0.2, -0.15) is 0 Å². The molecule has 156 valence electrons. The Morgan fingerprint density at radius 2 is 1.67 bits per heavy atom. The number of benzene rings is 2. The third kappa shape index (κ3) is 4.01. The summed E-state index contributed by atoms with van der Waals surface area (Å²) in [7, 11) is 0. The number of rotatable bonds is 6. The van der Waals surface area contributed by atoms with Gasteiger partial charge in [-0.15, -0.1) is 0 Å². The number of fused-ring (bicyclic) bond motifs is 3. The number of alkyl carbamates (subject to hydrolysis) is 1. The van der Waals surface area contributed by atoms with Crippen molar-refractivity contribution >= 4 is 18.0 Å². The van der Waals surface area contributed by atoms with Gasteiger partial charge in [-0.05, 0) is 35.1 Å². The fourth-order valence-electron chi connectivity index (χ4n) is 4.48. The molecule has 30 heavy (non-hydrogen) atoms. The average molecular weight is 408 g/mol. The topological polar surface area (TPSA) is 95.9 Å². The molecule has 2 N–H and O–H groups in total. The summed E-state index contributed by atoms with van der Waals surface area (Å²) in [6, 6.07) is 15.8. The van der Waals surface area contributed by atoms with Crippen LogP contribution in [-0.2, 0) is 14.3 Å². The summed E-state index contributed by atoms with van der Waals surface area (Å²) >= 11 is 0. The molecule has 1 fully saturated rings. The number of hydrogen-bond donors (Lipinski definition) is 2. The van der Waals surface area contributed by atoms with Crippen LogP contribution in [0.5, 0.6) is 0 Å². The lowest BCUT2D eigenvalue weighted by Gasteiger charge is -2.23. The van der Waals surface area contributed by atoms with E-state index in [2.05, 4.69) is 17.4 Å². The van der Waals surface area contributed by atoms with E-state index in [4.69, 9.17) is 9.84 Å². The molecule has 1 atom stereocenters. The molecule has 1 saturated heterocycles. The third-order valence-corrected chi connectivity index (χ3v) is 5.84. The number of aliphatic carboxylic acids is 1. The number of hydrogen-bond acceptors (Lipinski definition) is 4. The highest BCUT2D eigenvalue weighted by Gasteiger charge is 2.31. The fourth-order valence-corrected chi connectivity index (χ4v) is 4.48. The van der Waals surface area contributed by atoms with Crippen LogP contribution in [0.4, 0.5) is 4.79 Å². The molecular weight excluding hydrogens is 384 g/mol. The van der Waals surface area contributed by atoms with Crippen molar-refractivity contribution in [3.63, 3.8) is 0 Å². The third-order valence-electron chi connectivity index (χ3n) is 5.84. The summed E-state index contributed by atoms with van der Waals surface area (Å²) in [6.45, 7) is 0.495. The minimum absolute atomic E-state index is 0.0441. The Bertz CT molecular complexity index is 928. The normalized spacial score (nSPS) is 17.3. The standard InChI is InChI=1S/C23H24N2O5/c26-21(25-11-5-6-15(25)12-22(27)28)13-24-23(29)30-14-20-18-9-3-1-7-16(18)17-8-2-4-10-19(17)20/h1-4,7-10,15,20H,5-6,11-14H2,(H,24,29)(H,27,28)/t15-/m0/s1. The molecule has 7 nitrogen and oxygen atoms in total. The predicted molar refractivity (Wildman–Crippen MR) is 110 cm³/mol. The molecule has 1 aliphatic heterocycles. The number of ether oxygens (including phenoxy) is 1. The molecule has 2 aromatic rings. The summed E-state index contributed by atoms with van der Waals surface area (Å²) in [5.74, 6) is -1.26. The maximum absolute atomic E-state index is 12.4. The van der Waals surface area contributed by atoms with Crippen molar-refractivity contribution < 1.29 is 24.2 Å². The van der Waals surface area contributed by atoms with Crippen LogP contribution < -0.4 is 5.32 Å². The minimum Gasteiger partial charge on any atom is -0.481 e. The van der Waals surface area contributed by atoms with Crippen LogP contribution in [0.25, 0.3) is 11.1 Å². The zero-order valence-corrected chi connectivity index (χ0v) is 16.5. The number of amides is 2. The first-order valence-electron chi connectivity index (χ1n) is 10.1. The summed E-state index contributed by atoms with van der Waals surface area (Å²) in [5.41, 5.74) is 4.54. The Labute approximate surface area is 174 Å². The summed E-state index contributed by atoms with van der Waals surface area (Å²) in [5, 5.41) is 11.5. The number of nitrogens with one attached hydrogen (secondary N) is 1. The van der Waals surface area contributed by atoms with E-state index in [1.807, 2.05) is 36.4 Å². The molecule has 2 aliphatic rings. The van der Waals surface area contributed by atoms with Crippen LogP contribution in [-0.4, -0.2) is 53.7 Å². The Morgan fingerprint density at radius 1 is 1.03 bits per heavy atom. The second-order valence-corrected chi connectivity index (χ2v) is 7.66. The van der Waals surface area contributed by atoms with Crippen LogP contribution in [0.15, 0.2) is 48.5 Å². The summed E-state index contributed by atoms with van der Waals surface area (Å²) in [4.78, 5) is 37.1. The first kappa shape index (κ1) is 19.9.